The van der Waals surface area contributed by atoms with Crippen LogP contribution >= 0.6 is 0 Å². The molecule has 262 valence electrons. The van der Waals surface area contributed by atoms with Crippen molar-refractivity contribution in [2.24, 2.45) is 23.7 Å². The number of carbonyl (C=O) groups excluding carboxylic acids is 3. The monoisotopic (exact) mass is 638 g/mol. The second-order valence-electron chi connectivity index (χ2n) is 13.9. The van der Waals surface area contributed by atoms with Crippen LogP contribution in [0.4, 0.5) is 0 Å². The van der Waals surface area contributed by atoms with E-state index in [1.807, 2.05) is 0 Å². The summed E-state index contributed by atoms with van der Waals surface area (Å²) in [5.41, 5.74) is 0. The van der Waals surface area contributed by atoms with Crippen LogP contribution in [0.3, 0.4) is 0 Å². The Labute approximate surface area is 274 Å². The van der Waals surface area contributed by atoms with E-state index in [9.17, 15) is 14.4 Å². The van der Waals surface area contributed by atoms with E-state index < -0.39 is 0 Å². The molecule has 1 saturated heterocycles. The molecule has 1 heterocycles. The Kier molecular flexibility index (Phi) is 21.5. The Bertz CT molecular complexity index is 794. The van der Waals surface area contributed by atoms with Gasteiger partial charge < -0.3 is 28.7 Å². The smallest absolute Gasteiger partial charge is 0.309 e. The van der Waals surface area contributed by atoms with E-state index in [-0.39, 0.29) is 56.5 Å². The summed E-state index contributed by atoms with van der Waals surface area (Å²) in [6.45, 7) is 12.8. The first-order valence-corrected chi connectivity index (χ1v) is 18.2. The number of carbonyl (C=O) groups is 3. The molecule has 0 aromatic heterocycles. The molecule has 9 heteroatoms. The maximum absolute atomic E-state index is 12.6. The SMILES string of the molecule is COCCOC(=O)CCN(CCC(=O)OCCOC(=O)C1CCC(CCCC(C)CCCC(C)C)CC1)CCN1CCCCC1. The summed E-state index contributed by atoms with van der Waals surface area (Å²) in [5, 5.41) is 0. The fourth-order valence-electron chi connectivity index (χ4n) is 6.56. The summed E-state index contributed by atoms with van der Waals surface area (Å²) in [4.78, 5) is 41.7. The molecular weight excluding hydrogens is 572 g/mol. The number of likely N-dealkylation sites (tertiary alicyclic amines) is 1. The van der Waals surface area contributed by atoms with Crippen molar-refractivity contribution in [3.63, 3.8) is 0 Å². The molecule has 2 aliphatic rings. The number of ether oxygens (including phenoxy) is 4. The van der Waals surface area contributed by atoms with E-state index in [0.717, 1.165) is 69.6 Å². The van der Waals surface area contributed by atoms with Gasteiger partial charge in [-0.25, -0.2) is 0 Å². The molecule has 0 radical (unpaired) electrons. The third-order valence-electron chi connectivity index (χ3n) is 9.55. The summed E-state index contributed by atoms with van der Waals surface area (Å²) >= 11 is 0. The first kappa shape index (κ1) is 39.5. The number of esters is 3. The van der Waals surface area contributed by atoms with Crippen molar-refractivity contribution in [2.45, 2.75) is 117 Å². The van der Waals surface area contributed by atoms with Crippen LogP contribution in [0.25, 0.3) is 0 Å². The number of nitrogens with zero attached hydrogens (tertiary/aromatic N) is 2. The fraction of sp³-hybridized carbons (Fsp3) is 0.917. The van der Waals surface area contributed by atoms with Crippen molar-refractivity contribution in [1.29, 1.82) is 0 Å². The zero-order valence-corrected chi connectivity index (χ0v) is 29.2. The molecule has 2 rings (SSSR count). The summed E-state index contributed by atoms with van der Waals surface area (Å²) in [5.74, 6) is 1.61. The Balaban J connectivity index is 1.57. The maximum atomic E-state index is 12.6. The molecule has 0 spiro atoms. The van der Waals surface area contributed by atoms with Gasteiger partial charge in [-0.1, -0.05) is 65.7 Å². The number of methoxy groups -OCH3 is 1. The van der Waals surface area contributed by atoms with Crippen LogP contribution in [-0.2, 0) is 33.3 Å². The molecule has 1 aliphatic carbocycles. The quantitative estimate of drug-likeness (QED) is 0.0689. The van der Waals surface area contributed by atoms with Crippen molar-refractivity contribution in [2.75, 3.05) is 72.8 Å². The minimum absolute atomic E-state index is 0.0263. The molecule has 0 aromatic carbocycles. The lowest BCUT2D eigenvalue weighted by molar-refractivity contribution is -0.156. The number of piperidine rings is 1. The van der Waals surface area contributed by atoms with Crippen molar-refractivity contribution >= 4 is 17.9 Å². The lowest BCUT2D eigenvalue weighted by Gasteiger charge is -2.29. The molecule has 1 unspecified atom stereocenters. The minimum Gasteiger partial charge on any atom is -0.463 e. The standard InChI is InChI=1S/C36H66N2O7/c1-30(2)10-8-11-31(3)12-9-13-32-14-16-33(17-15-32)36(41)45-29-28-44-35(40)19-23-38(22-18-34(39)43-27-26-42-4)25-24-37-20-6-5-7-21-37/h30-33H,5-29H2,1-4H3. The molecule has 45 heavy (non-hydrogen) atoms. The maximum Gasteiger partial charge on any atom is 0.309 e. The first-order chi connectivity index (χ1) is 21.8. The van der Waals surface area contributed by atoms with E-state index in [2.05, 4.69) is 30.6 Å². The molecule has 0 N–H and O–H groups in total. The second-order valence-corrected chi connectivity index (χ2v) is 13.9. The highest BCUT2D eigenvalue weighted by Crippen LogP contribution is 2.33. The second kappa shape index (κ2) is 24.5. The molecule has 1 aliphatic heterocycles. The third-order valence-corrected chi connectivity index (χ3v) is 9.55. The Morgan fingerprint density at radius 3 is 1.96 bits per heavy atom. The van der Waals surface area contributed by atoms with Crippen LogP contribution in [0.5, 0.6) is 0 Å². The number of hydrogen-bond acceptors (Lipinski definition) is 9. The van der Waals surface area contributed by atoms with Gasteiger partial charge in [0.1, 0.15) is 19.8 Å². The Hall–Kier alpha value is -1.71. The van der Waals surface area contributed by atoms with Crippen molar-refractivity contribution in [3.05, 3.63) is 0 Å². The highest BCUT2D eigenvalue weighted by Gasteiger charge is 2.27. The highest BCUT2D eigenvalue weighted by atomic mass is 16.6. The van der Waals surface area contributed by atoms with Crippen LogP contribution in [0.2, 0.25) is 0 Å². The molecule has 1 saturated carbocycles. The van der Waals surface area contributed by atoms with Crippen LogP contribution in [0, 0.1) is 23.7 Å². The van der Waals surface area contributed by atoms with Gasteiger partial charge in [-0.3, -0.25) is 14.4 Å². The average Bonchev–Trinajstić information content (AvgIpc) is 3.03. The molecular formula is C36H66N2O7. The fourth-order valence-corrected chi connectivity index (χ4v) is 6.56. The zero-order chi connectivity index (χ0) is 32.7. The lowest BCUT2D eigenvalue weighted by Crippen LogP contribution is -2.39. The zero-order valence-electron chi connectivity index (χ0n) is 29.2. The van der Waals surface area contributed by atoms with Gasteiger partial charge in [0.25, 0.3) is 0 Å². The predicted molar refractivity (Wildman–Crippen MR) is 178 cm³/mol. The van der Waals surface area contributed by atoms with E-state index in [0.29, 0.717) is 19.7 Å². The molecule has 9 nitrogen and oxygen atoms in total. The van der Waals surface area contributed by atoms with Crippen LogP contribution < -0.4 is 0 Å². The van der Waals surface area contributed by atoms with E-state index in [1.54, 1.807) is 7.11 Å². The van der Waals surface area contributed by atoms with E-state index >= 15 is 0 Å². The van der Waals surface area contributed by atoms with Crippen molar-refractivity contribution in [1.82, 2.24) is 9.80 Å². The van der Waals surface area contributed by atoms with Gasteiger partial charge >= 0.3 is 17.9 Å². The lowest BCUT2D eigenvalue weighted by atomic mass is 9.79. The molecule has 0 bridgehead atoms. The van der Waals surface area contributed by atoms with Crippen molar-refractivity contribution in [3.8, 4) is 0 Å². The summed E-state index contributed by atoms with van der Waals surface area (Å²) in [6, 6.07) is 0. The normalized spacial score (nSPS) is 19.9. The highest BCUT2D eigenvalue weighted by molar-refractivity contribution is 5.72. The van der Waals surface area contributed by atoms with Gasteiger partial charge in [-0.05, 0) is 69.4 Å². The predicted octanol–water partition coefficient (Wildman–Crippen LogP) is 6.27. The number of hydrogen-bond donors (Lipinski definition) is 0. The topological polar surface area (TPSA) is 94.6 Å². The van der Waals surface area contributed by atoms with Gasteiger partial charge in [0.15, 0.2) is 0 Å². The number of rotatable bonds is 24. The largest absolute Gasteiger partial charge is 0.463 e. The van der Waals surface area contributed by atoms with E-state index in [1.165, 1.54) is 57.8 Å². The van der Waals surface area contributed by atoms with Gasteiger partial charge in [-0.15, -0.1) is 0 Å². The first-order valence-electron chi connectivity index (χ1n) is 18.2. The molecule has 0 aromatic rings. The molecule has 0 amide bonds. The average molecular weight is 639 g/mol. The van der Waals surface area contributed by atoms with Crippen LogP contribution in [0.1, 0.15) is 117 Å². The van der Waals surface area contributed by atoms with Crippen molar-refractivity contribution < 1.29 is 33.3 Å². The van der Waals surface area contributed by atoms with Crippen LogP contribution in [0.15, 0.2) is 0 Å². The van der Waals surface area contributed by atoms with Crippen LogP contribution in [-0.4, -0.2) is 101 Å². The minimum atomic E-state index is -0.313. The Morgan fingerprint density at radius 1 is 0.733 bits per heavy atom. The summed E-state index contributed by atoms with van der Waals surface area (Å²) in [6.07, 6.45) is 16.2. The Morgan fingerprint density at radius 2 is 1.33 bits per heavy atom. The van der Waals surface area contributed by atoms with Gasteiger partial charge in [0, 0.05) is 33.3 Å². The van der Waals surface area contributed by atoms with E-state index in [4.69, 9.17) is 18.9 Å². The summed E-state index contributed by atoms with van der Waals surface area (Å²) < 4.78 is 21.0. The summed E-state index contributed by atoms with van der Waals surface area (Å²) in [7, 11) is 1.57. The third kappa shape index (κ3) is 19.5. The van der Waals surface area contributed by atoms with Gasteiger partial charge in [-0.2, -0.15) is 0 Å². The van der Waals surface area contributed by atoms with Gasteiger partial charge in [0.2, 0.25) is 0 Å². The molecule has 2 fully saturated rings. The molecule has 1 atom stereocenters. The van der Waals surface area contributed by atoms with Gasteiger partial charge in [0.05, 0.1) is 25.4 Å².